The Bertz CT molecular complexity index is 288. The summed E-state index contributed by atoms with van der Waals surface area (Å²) in [6, 6.07) is 0. The zero-order valence-corrected chi connectivity index (χ0v) is 8.70. The highest BCUT2D eigenvalue weighted by molar-refractivity contribution is 5.32. The minimum Gasteiger partial charge on any atom is -0.365 e. The normalized spacial score (nSPS) is 19.0. The first-order chi connectivity index (χ1) is 6.17. The topological polar surface area (TPSA) is 27.8 Å². The van der Waals surface area contributed by atoms with Crippen LogP contribution in [0.2, 0.25) is 0 Å². The van der Waals surface area contributed by atoms with Crippen LogP contribution >= 0.6 is 0 Å². The molecule has 1 aliphatic rings. The van der Waals surface area contributed by atoms with Crippen molar-refractivity contribution < 1.29 is 0 Å². The van der Waals surface area contributed by atoms with E-state index in [1.54, 1.807) is 0 Å². The summed E-state index contributed by atoms with van der Waals surface area (Å²) in [5.74, 6) is 0. The summed E-state index contributed by atoms with van der Waals surface area (Å²) in [6.07, 6.45) is 5.95. The Hall–Kier alpha value is -0.760. The number of aryl methyl sites for hydroxylation is 2. The van der Waals surface area contributed by atoms with Gasteiger partial charge in [-0.15, -0.1) is 0 Å². The molecular formula is C11H18N2. The lowest BCUT2D eigenvalue weighted by Crippen LogP contribution is -2.29. The van der Waals surface area contributed by atoms with Crippen LogP contribution in [-0.4, -0.2) is 17.6 Å². The number of aromatic nitrogens is 1. The van der Waals surface area contributed by atoms with Crippen molar-refractivity contribution in [1.29, 1.82) is 0 Å². The van der Waals surface area contributed by atoms with E-state index in [1.165, 1.54) is 36.1 Å². The monoisotopic (exact) mass is 178 g/mol. The number of nitrogens with one attached hydrogen (secondary N) is 2. The molecule has 0 atom stereocenters. The second-order valence-electron chi connectivity index (χ2n) is 4.28. The molecular weight excluding hydrogens is 160 g/mol. The maximum absolute atomic E-state index is 3.43. The third kappa shape index (κ3) is 1.51. The van der Waals surface area contributed by atoms with Gasteiger partial charge in [0.05, 0.1) is 0 Å². The van der Waals surface area contributed by atoms with Crippen molar-refractivity contribution in [3.05, 3.63) is 23.0 Å². The molecule has 0 aliphatic heterocycles. The lowest BCUT2D eigenvalue weighted by atomic mass is 10.0. The molecule has 2 rings (SSSR count). The fraction of sp³-hybridized carbons (Fsp3) is 0.636. The van der Waals surface area contributed by atoms with Crippen molar-refractivity contribution in [2.24, 2.45) is 0 Å². The molecule has 0 saturated heterocycles. The Morgan fingerprint density at radius 3 is 2.54 bits per heavy atom. The Labute approximate surface area is 79.7 Å². The summed E-state index contributed by atoms with van der Waals surface area (Å²) in [6.45, 7) is 4.35. The number of hydrogen-bond donors (Lipinski definition) is 2. The average Bonchev–Trinajstić information content (AvgIpc) is 2.84. The van der Waals surface area contributed by atoms with Crippen LogP contribution in [0, 0.1) is 13.8 Å². The molecule has 2 N–H and O–H groups in total. The standard InChI is InChI=1S/C11H18N2/c1-8-7-13-9(2)10(8)6-11(12-3)4-5-11/h7,12-13H,4-6H2,1-3H3. The molecule has 2 nitrogen and oxygen atoms in total. The molecule has 1 saturated carbocycles. The molecule has 0 aromatic carbocycles. The zero-order chi connectivity index (χ0) is 9.47. The lowest BCUT2D eigenvalue weighted by molar-refractivity contribution is 0.546. The third-order valence-corrected chi connectivity index (χ3v) is 3.33. The fourth-order valence-corrected chi connectivity index (χ4v) is 1.96. The maximum atomic E-state index is 3.43. The predicted molar refractivity (Wildman–Crippen MR) is 55.0 cm³/mol. The SMILES string of the molecule is CNC1(Cc2c(C)c[nH]c2C)CC1. The molecule has 0 spiro atoms. The molecule has 72 valence electrons. The summed E-state index contributed by atoms with van der Waals surface area (Å²) in [5.41, 5.74) is 4.67. The highest BCUT2D eigenvalue weighted by Gasteiger charge is 2.41. The van der Waals surface area contributed by atoms with Crippen LogP contribution < -0.4 is 5.32 Å². The van der Waals surface area contributed by atoms with Gasteiger partial charge in [-0.3, -0.25) is 0 Å². The minimum atomic E-state index is 0.428. The Morgan fingerprint density at radius 1 is 1.46 bits per heavy atom. The predicted octanol–water partition coefficient (Wildman–Crippen LogP) is 1.93. The first kappa shape index (κ1) is 8.82. The van der Waals surface area contributed by atoms with E-state index >= 15 is 0 Å². The number of rotatable bonds is 3. The van der Waals surface area contributed by atoms with E-state index in [4.69, 9.17) is 0 Å². The van der Waals surface area contributed by atoms with Crippen molar-refractivity contribution in [2.75, 3.05) is 7.05 Å². The van der Waals surface area contributed by atoms with Crippen LogP contribution in [0.5, 0.6) is 0 Å². The van der Waals surface area contributed by atoms with Crippen LogP contribution in [0.15, 0.2) is 6.20 Å². The summed E-state index contributed by atoms with van der Waals surface area (Å²) < 4.78 is 0. The van der Waals surface area contributed by atoms with Gasteiger partial charge in [0, 0.05) is 17.4 Å². The zero-order valence-electron chi connectivity index (χ0n) is 8.70. The molecule has 2 heteroatoms. The molecule has 1 aromatic heterocycles. The molecule has 0 amide bonds. The average molecular weight is 178 g/mol. The summed E-state index contributed by atoms with van der Waals surface area (Å²) in [4.78, 5) is 3.28. The van der Waals surface area contributed by atoms with E-state index in [9.17, 15) is 0 Å². The lowest BCUT2D eigenvalue weighted by Gasteiger charge is -2.14. The Morgan fingerprint density at radius 2 is 2.15 bits per heavy atom. The van der Waals surface area contributed by atoms with E-state index in [0.29, 0.717) is 5.54 Å². The first-order valence-electron chi connectivity index (χ1n) is 4.99. The van der Waals surface area contributed by atoms with E-state index in [2.05, 4.69) is 37.4 Å². The second kappa shape index (κ2) is 2.88. The molecule has 1 heterocycles. The van der Waals surface area contributed by atoms with E-state index < -0.39 is 0 Å². The first-order valence-corrected chi connectivity index (χ1v) is 4.99. The fourth-order valence-electron chi connectivity index (χ4n) is 1.96. The van der Waals surface area contributed by atoms with Gasteiger partial charge in [0.1, 0.15) is 0 Å². The van der Waals surface area contributed by atoms with E-state index in [1.807, 2.05) is 0 Å². The van der Waals surface area contributed by atoms with Gasteiger partial charge in [-0.1, -0.05) is 0 Å². The van der Waals surface area contributed by atoms with Gasteiger partial charge in [0.2, 0.25) is 0 Å². The largest absolute Gasteiger partial charge is 0.365 e. The van der Waals surface area contributed by atoms with Gasteiger partial charge in [0.15, 0.2) is 0 Å². The van der Waals surface area contributed by atoms with Crippen molar-refractivity contribution in [3.63, 3.8) is 0 Å². The van der Waals surface area contributed by atoms with Crippen LogP contribution in [0.25, 0.3) is 0 Å². The number of H-pyrrole nitrogens is 1. The Kier molecular flexibility index (Phi) is 1.95. The molecule has 0 bridgehead atoms. The van der Waals surface area contributed by atoms with Crippen molar-refractivity contribution in [3.8, 4) is 0 Å². The molecule has 1 aliphatic carbocycles. The van der Waals surface area contributed by atoms with Gasteiger partial charge < -0.3 is 10.3 Å². The van der Waals surface area contributed by atoms with Crippen molar-refractivity contribution in [2.45, 2.75) is 38.6 Å². The van der Waals surface area contributed by atoms with Crippen LogP contribution in [0.4, 0.5) is 0 Å². The van der Waals surface area contributed by atoms with Gasteiger partial charge >= 0.3 is 0 Å². The van der Waals surface area contributed by atoms with Gasteiger partial charge in [-0.05, 0) is 51.3 Å². The smallest absolute Gasteiger partial charge is 0.0220 e. The van der Waals surface area contributed by atoms with Crippen LogP contribution in [-0.2, 0) is 6.42 Å². The Balaban J connectivity index is 2.17. The number of hydrogen-bond acceptors (Lipinski definition) is 1. The van der Waals surface area contributed by atoms with Crippen molar-refractivity contribution >= 4 is 0 Å². The number of aromatic amines is 1. The second-order valence-corrected chi connectivity index (χ2v) is 4.28. The summed E-state index contributed by atoms with van der Waals surface area (Å²) >= 11 is 0. The highest BCUT2D eigenvalue weighted by Crippen LogP contribution is 2.39. The molecule has 0 radical (unpaired) electrons. The maximum Gasteiger partial charge on any atom is 0.0220 e. The molecule has 1 aromatic rings. The van der Waals surface area contributed by atoms with Gasteiger partial charge in [0.25, 0.3) is 0 Å². The highest BCUT2D eigenvalue weighted by atomic mass is 15.0. The number of likely N-dealkylation sites (N-methyl/N-ethyl adjacent to an activating group) is 1. The molecule has 1 fully saturated rings. The minimum absolute atomic E-state index is 0.428. The molecule has 0 unspecified atom stereocenters. The quantitative estimate of drug-likeness (QED) is 0.727. The van der Waals surface area contributed by atoms with Crippen LogP contribution in [0.3, 0.4) is 0 Å². The third-order valence-electron chi connectivity index (χ3n) is 3.33. The van der Waals surface area contributed by atoms with Crippen LogP contribution in [0.1, 0.15) is 29.7 Å². The summed E-state index contributed by atoms with van der Waals surface area (Å²) in [7, 11) is 2.07. The molecule has 13 heavy (non-hydrogen) atoms. The van der Waals surface area contributed by atoms with E-state index in [-0.39, 0.29) is 0 Å². The van der Waals surface area contributed by atoms with Gasteiger partial charge in [-0.2, -0.15) is 0 Å². The summed E-state index contributed by atoms with van der Waals surface area (Å²) in [5, 5.41) is 3.43. The van der Waals surface area contributed by atoms with E-state index in [0.717, 1.165) is 0 Å². The van der Waals surface area contributed by atoms with Crippen molar-refractivity contribution in [1.82, 2.24) is 10.3 Å². The van der Waals surface area contributed by atoms with Gasteiger partial charge in [-0.25, -0.2) is 0 Å².